The van der Waals surface area contributed by atoms with E-state index < -0.39 is 0 Å². The van der Waals surface area contributed by atoms with Crippen LogP contribution >= 0.6 is 0 Å². The van der Waals surface area contributed by atoms with Crippen LogP contribution < -0.4 is 10.5 Å². The van der Waals surface area contributed by atoms with Gasteiger partial charge in [-0.05, 0) is 31.5 Å². The van der Waals surface area contributed by atoms with E-state index in [4.69, 9.17) is 15.2 Å². The first-order chi connectivity index (χ1) is 7.31. The Kier molecular flexibility index (Phi) is 5.15. The van der Waals surface area contributed by atoms with Crippen LogP contribution in [0.25, 0.3) is 0 Å². The van der Waals surface area contributed by atoms with Crippen LogP contribution in [0.1, 0.15) is 25.5 Å². The van der Waals surface area contributed by atoms with Gasteiger partial charge in [-0.3, -0.25) is 0 Å². The molecule has 0 radical (unpaired) electrons. The summed E-state index contributed by atoms with van der Waals surface area (Å²) in [7, 11) is 0. The molecular weight excluding hydrogens is 190 g/mol. The zero-order valence-corrected chi connectivity index (χ0v) is 9.40. The van der Waals surface area contributed by atoms with Gasteiger partial charge in [0, 0.05) is 13.2 Å². The molecule has 84 valence electrons. The normalized spacial score (nSPS) is 12.5. The molecule has 0 amide bonds. The van der Waals surface area contributed by atoms with Gasteiger partial charge in [0.05, 0.1) is 12.7 Å². The molecule has 1 aromatic rings. The van der Waals surface area contributed by atoms with E-state index in [-0.39, 0.29) is 6.10 Å². The lowest BCUT2D eigenvalue weighted by Crippen LogP contribution is -2.15. The zero-order chi connectivity index (χ0) is 11.1. The maximum absolute atomic E-state index is 5.63. The Morgan fingerprint density at radius 2 is 1.80 bits per heavy atom. The van der Waals surface area contributed by atoms with Crippen molar-refractivity contribution in [3.05, 3.63) is 29.8 Å². The average molecular weight is 209 g/mol. The van der Waals surface area contributed by atoms with Gasteiger partial charge in [-0.2, -0.15) is 0 Å². The summed E-state index contributed by atoms with van der Waals surface area (Å²) in [5.41, 5.74) is 6.73. The second-order valence-electron chi connectivity index (χ2n) is 3.18. The minimum absolute atomic E-state index is 0.00863. The summed E-state index contributed by atoms with van der Waals surface area (Å²) < 4.78 is 10.9. The van der Waals surface area contributed by atoms with Gasteiger partial charge in [0.15, 0.2) is 0 Å². The van der Waals surface area contributed by atoms with Crippen molar-refractivity contribution in [2.75, 3.05) is 19.8 Å². The fourth-order valence-electron chi connectivity index (χ4n) is 1.45. The van der Waals surface area contributed by atoms with E-state index >= 15 is 0 Å². The molecule has 0 aliphatic heterocycles. The molecule has 15 heavy (non-hydrogen) atoms. The highest BCUT2D eigenvalue weighted by molar-refractivity contribution is 5.28. The first kappa shape index (κ1) is 12.0. The molecule has 2 N–H and O–H groups in total. The van der Waals surface area contributed by atoms with E-state index in [9.17, 15) is 0 Å². The van der Waals surface area contributed by atoms with Crippen LogP contribution in [0.3, 0.4) is 0 Å². The van der Waals surface area contributed by atoms with Gasteiger partial charge >= 0.3 is 0 Å². The molecule has 0 aliphatic rings. The van der Waals surface area contributed by atoms with Crippen molar-refractivity contribution in [3.8, 4) is 5.75 Å². The van der Waals surface area contributed by atoms with Crippen LogP contribution in [0.5, 0.6) is 5.75 Å². The monoisotopic (exact) mass is 209 g/mol. The minimum Gasteiger partial charge on any atom is -0.494 e. The summed E-state index contributed by atoms with van der Waals surface area (Å²) in [6.07, 6.45) is -0.00863. The summed E-state index contributed by atoms with van der Waals surface area (Å²) in [6.45, 7) is 5.80. The molecule has 0 saturated heterocycles. The fraction of sp³-hybridized carbons (Fsp3) is 0.500. The van der Waals surface area contributed by atoms with Crippen LogP contribution in [0, 0.1) is 0 Å². The SMILES string of the molecule is CCOc1ccc([C@@H](CN)OCC)cc1. The number of hydrogen-bond acceptors (Lipinski definition) is 3. The number of nitrogens with two attached hydrogens (primary N) is 1. The quantitative estimate of drug-likeness (QED) is 0.780. The van der Waals surface area contributed by atoms with Crippen LogP contribution in [-0.2, 0) is 4.74 Å². The minimum atomic E-state index is -0.00863. The van der Waals surface area contributed by atoms with Gasteiger partial charge < -0.3 is 15.2 Å². The van der Waals surface area contributed by atoms with E-state index in [1.807, 2.05) is 38.1 Å². The highest BCUT2D eigenvalue weighted by atomic mass is 16.5. The van der Waals surface area contributed by atoms with Crippen LogP contribution in [0.2, 0.25) is 0 Å². The Hall–Kier alpha value is -1.06. The molecule has 0 unspecified atom stereocenters. The van der Waals surface area contributed by atoms with Gasteiger partial charge in [-0.25, -0.2) is 0 Å². The lowest BCUT2D eigenvalue weighted by molar-refractivity contribution is 0.0688. The third-order valence-corrected chi connectivity index (χ3v) is 2.14. The van der Waals surface area contributed by atoms with Crippen molar-refractivity contribution >= 4 is 0 Å². The molecule has 3 heteroatoms. The van der Waals surface area contributed by atoms with Gasteiger partial charge in [0.1, 0.15) is 5.75 Å². The van der Waals surface area contributed by atoms with Gasteiger partial charge in [0.2, 0.25) is 0 Å². The second-order valence-corrected chi connectivity index (χ2v) is 3.18. The molecule has 0 aliphatic carbocycles. The number of benzene rings is 1. The molecule has 3 nitrogen and oxygen atoms in total. The molecule has 0 heterocycles. The van der Waals surface area contributed by atoms with Crippen molar-refractivity contribution in [1.82, 2.24) is 0 Å². The lowest BCUT2D eigenvalue weighted by atomic mass is 10.1. The van der Waals surface area contributed by atoms with Crippen LogP contribution in [0.15, 0.2) is 24.3 Å². The number of hydrogen-bond donors (Lipinski definition) is 1. The van der Waals surface area contributed by atoms with E-state index in [2.05, 4.69) is 0 Å². The first-order valence-electron chi connectivity index (χ1n) is 5.36. The Labute approximate surface area is 91.2 Å². The van der Waals surface area contributed by atoms with Crippen molar-refractivity contribution in [2.24, 2.45) is 5.73 Å². The molecular formula is C12H19NO2. The standard InChI is InChI=1S/C12H19NO2/c1-3-14-11-7-5-10(6-8-11)12(9-13)15-4-2/h5-8,12H,3-4,9,13H2,1-2H3/t12-/m1/s1. The van der Waals surface area contributed by atoms with Crippen LogP contribution in [0.4, 0.5) is 0 Å². The molecule has 0 fully saturated rings. The largest absolute Gasteiger partial charge is 0.494 e. The predicted molar refractivity (Wildman–Crippen MR) is 61.0 cm³/mol. The molecule has 0 spiro atoms. The summed E-state index contributed by atoms with van der Waals surface area (Å²) in [4.78, 5) is 0. The number of rotatable bonds is 6. The summed E-state index contributed by atoms with van der Waals surface area (Å²) in [5.74, 6) is 0.883. The summed E-state index contributed by atoms with van der Waals surface area (Å²) in [5, 5.41) is 0. The summed E-state index contributed by atoms with van der Waals surface area (Å²) >= 11 is 0. The Bertz CT molecular complexity index is 271. The third kappa shape index (κ3) is 3.53. The molecule has 1 atom stereocenters. The topological polar surface area (TPSA) is 44.5 Å². The van der Waals surface area contributed by atoms with E-state index in [1.54, 1.807) is 0 Å². The fourth-order valence-corrected chi connectivity index (χ4v) is 1.45. The highest BCUT2D eigenvalue weighted by Gasteiger charge is 2.08. The van der Waals surface area contributed by atoms with Crippen LogP contribution in [-0.4, -0.2) is 19.8 Å². The maximum atomic E-state index is 5.63. The molecule has 0 saturated carbocycles. The van der Waals surface area contributed by atoms with Crippen molar-refractivity contribution in [2.45, 2.75) is 20.0 Å². The van der Waals surface area contributed by atoms with E-state index in [0.29, 0.717) is 19.8 Å². The van der Waals surface area contributed by atoms with Crippen molar-refractivity contribution < 1.29 is 9.47 Å². The Morgan fingerprint density at radius 3 is 2.27 bits per heavy atom. The highest BCUT2D eigenvalue weighted by Crippen LogP contribution is 2.19. The lowest BCUT2D eigenvalue weighted by Gasteiger charge is -2.15. The first-order valence-corrected chi connectivity index (χ1v) is 5.36. The zero-order valence-electron chi connectivity index (χ0n) is 9.40. The molecule has 1 aromatic carbocycles. The van der Waals surface area contributed by atoms with Gasteiger partial charge in [-0.1, -0.05) is 12.1 Å². The van der Waals surface area contributed by atoms with Gasteiger partial charge in [-0.15, -0.1) is 0 Å². The van der Waals surface area contributed by atoms with Gasteiger partial charge in [0.25, 0.3) is 0 Å². The maximum Gasteiger partial charge on any atom is 0.119 e. The molecule has 0 aromatic heterocycles. The van der Waals surface area contributed by atoms with Crippen molar-refractivity contribution in [3.63, 3.8) is 0 Å². The predicted octanol–water partition coefficient (Wildman–Crippen LogP) is 2.12. The second kappa shape index (κ2) is 6.43. The van der Waals surface area contributed by atoms with E-state index in [1.165, 1.54) is 0 Å². The average Bonchev–Trinajstić information content (AvgIpc) is 2.28. The number of ether oxygens (including phenoxy) is 2. The molecule has 0 bridgehead atoms. The van der Waals surface area contributed by atoms with E-state index in [0.717, 1.165) is 11.3 Å². The third-order valence-electron chi connectivity index (χ3n) is 2.14. The Morgan fingerprint density at radius 1 is 1.13 bits per heavy atom. The smallest absolute Gasteiger partial charge is 0.119 e. The Balaban J connectivity index is 2.68. The van der Waals surface area contributed by atoms with Crippen molar-refractivity contribution in [1.29, 1.82) is 0 Å². The summed E-state index contributed by atoms with van der Waals surface area (Å²) in [6, 6.07) is 7.89. The molecule has 1 rings (SSSR count).